The summed E-state index contributed by atoms with van der Waals surface area (Å²) < 4.78 is 24.4. The van der Waals surface area contributed by atoms with Crippen molar-refractivity contribution in [3.63, 3.8) is 0 Å². The van der Waals surface area contributed by atoms with Gasteiger partial charge in [0.25, 0.3) is 5.91 Å². The minimum Gasteiger partial charge on any atom is -0.344 e. The number of amides is 1. The average molecular weight is 293 g/mol. The van der Waals surface area contributed by atoms with Crippen molar-refractivity contribution < 1.29 is 13.2 Å². The third-order valence-corrected chi connectivity index (χ3v) is 6.45. The second kappa shape index (κ2) is 5.41. The molecule has 0 saturated carbocycles. The molecule has 1 amide bonds. The lowest BCUT2D eigenvalue weighted by Crippen LogP contribution is -2.20. The van der Waals surface area contributed by atoms with Gasteiger partial charge in [0.05, 0.1) is 19.7 Å². The zero-order valence-electron chi connectivity index (χ0n) is 10.2. The van der Waals surface area contributed by atoms with Crippen LogP contribution in [0.3, 0.4) is 0 Å². The Morgan fingerprint density at radius 1 is 1.47 bits per heavy atom. The molecule has 17 heavy (non-hydrogen) atoms. The molecule has 4 nitrogen and oxygen atoms in total. The summed E-state index contributed by atoms with van der Waals surface area (Å²) in [5.41, 5.74) is 0. The van der Waals surface area contributed by atoms with Crippen molar-refractivity contribution in [1.29, 1.82) is 0 Å². The molecule has 1 aromatic rings. The summed E-state index contributed by atoms with van der Waals surface area (Å²) in [4.78, 5) is 14.0. The predicted molar refractivity (Wildman–Crippen MR) is 71.8 cm³/mol. The van der Waals surface area contributed by atoms with Crippen molar-refractivity contribution in [3.8, 4) is 0 Å². The van der Waals surface area contributed by atoms with Crippen LogP contribution in [0.25, 0.3) is 0 Å². The average Bonchev–Trinajstić information content (AvgIpc) is 2.72. The number of rotatable bonds is 4. The van der Waals surface area contributed by atoms with Crippen LogP contribution in [0.15, 0.2) is 15.2 Å². The maximum absolute atomic E-state index is 11.9. The molecule has 0 aliphatic carbocycles. The number of nitrogens with zero attached hydrogens (tertiary/aromatic N) is 1. The Hall–Kier alpha value is -0.530. The highest BCUT2D eigenvalue weighted by atomic mass is 32.2. The van der Waals surface area contributed by atoms with E-state index in [-0.39, 0.29) is 16.6 Å². The van der Waals surface area contributed by atoms with E-state index in [4.69, 9.17) is 0 Å². The Morgan fingerprint density at radius 3 is 2.47 bits per heavy atom. The highest BCUT2D eigenvalue weighted by Gasteiger charge is 2.23. The van der Waals surface area contributed by atoms with Crippen molar-refractivity contribution in [2.24, 2.45) is 0 Å². The van der Waals surface area contributed by atoms with Crippen molar-refractivity contribution in [3.05, 3.63) is 10.9 Å². The first kappa shape index (κ1) is 14.5. The number of carbonyl (C=O) groups is 1. The van der Waals surface area contributed by atoms with E-state index in [0.717, 1.165) is 0 Å². The van der Waals surface area contributed by atoms with Gasteiger partial charge >= 0.3 is 0 Å². The van der Waals surface area contributed by atoms with Gasteiger partial charge in [-0.15, -0.1) is 23.1 Å². The lowest BCUT2D eigenvalue weighted by molar-refractivity contribution is 0.0832. The van der Waals surface area contributed by atoms with Crippen LogP contribution in [0.5, 0.6) is 0 Å². The molecule has 0 N–H and O–H groups in total. The van der Waals surface area contributed by atoms with Gasteiger partial charge in [0.1, 0.15) is 0 Å². The normalized spacial score (nSPS) is 11.5. The fourth-order valence-electron chi connectivity index (χ4n) is 1.20. The number of hydrogen-bond donors (Lipinski definition) is 0. The van der Waals surface area contributed by atoms with Gasteiger partial charge in [-0.25, -0.2) is 8.42 Å². The van der Waals surface area contributed by atoms with Gasteiger partial charge in [0.15, 0.2) is 9.84 Å². The Bertz CT molecular complexity index is 517. The van der Waals surface area contributed by atoms with Crippen LogP contribution in [0.4, 0.5) is 0 Å². The first-order valence-corrected chi connectivity index (χ1v) is 8.65. The highest BCUT2D eigenvalue weighted by Crippen LogP contribution is 2.34. The Morgan fingerprint density at radius 2 is 2.06 bits per heavy atom. The lowest BCUT2D eigenvalue weighted by Gasteiger charge is -2.06. The number of hydrogen-bond acceptors (Lipinski definition) is 5. The van der Waals surface area contributed by atoms with E-state index in [1.807, 2.05) is 6.26 Å². The molecule has 0 saturated heterocycles. The van der Waals surface area contributed by atoms with Gasteiger partial charge in [-0.3, -0.25) is 4.79 Å². The molecule has 7 heteroatoms. The van der Waals surface area contributed by atoms with E-state index in [2.05, 4.69) is 0 Å². The smallest absolute Gasteiger partial charge is 0.263 e. The lowest BCUT2D eigenvalue weighted by atomic mass is 10.4. The summed E-state index contributed by atoms with van der Waals surface area (Å²) in [5, 5.41) is 0. The molecule has 1 aromatic heterocycles. The Kier molecular flexibility index (Phi) is 4.62. The molecular formula is C10H15NO3S3. The van der Waals surface area contributed by atoms with Crippen LogP contribution in [-0.4, -0.2) is 45.3 Å². The van der Waals surface area contributed by atoms with Gasteiger partial charge in [-0.1, -0.05) is 6.92 Å². The molecule has 1 heterocycles. The molecule has 0 unspecified atom stereocenters. The van der Waals surface area contributed by atoms with Crippen LogP contribution in [-0.2, 0) is 9.84 Å². The summed E-state index contributed by atoms with van der Waals surface area (Å²) >= 11 is 2.59. The molecule has 0 spiro atoms. The minimum absolute atomic E-state index is 0.0485. The predicted octanol–water partition coefficient (Wildman–Crippen LogP) is 1.97. The second-order valence-electron chi connectivity index (χ2n) is 3.57. The zero-order chi connectivity index (χ0) is 13.2. The fourth-order valence-corrected chi connectivity index (χ4v) is 4.94. The summed E-state index contributed by atoms with van der Waals surface area (Å²) in [6, 6.07) is 1.48. The number of thiophene rings is 1. The van der Waals surface area contributed by atoms with Crippen molar-refractivity contribution in [2.45, 2.75) is 16.0 Å². The molecule has 0 fully saturated rings. The van der Waals surface area contributed by atoms with Gasteiger partial charge in [-0.2, -0.15) is 0 Å². The van der Waals surface area contributed by atoms with E-state index in [0.29, 0.717) is 9.09 Å². The quantitative estimate of drug-likeness (QED) is 0.796. The molecule has 0 bridgehead atoms. The van der Waals surface area contributed by atoms with Gasteiger partial charge in [0.2, 0.25) is 0 Å². The summed E-state index contributed by atoms with van der Waals surface area (Å²) in [6.07, 6.45) is 1.81. The monoisotopic (exact) mass is 293 g/mol. The van der Waals surface area contributed by atoms with E-state index >= 15 is 0 Å². The van der Waals surface area contributed by atoms with Gasteiger partial charge in [-0.05, 0) is 12.3 Å². The third-order valence-electron chi connectivity index (χ3n) is 2.18. The SMILES string of the molecule is CCS(=O)(=O)c1cc(C(=O)N(C)C)sc1SC. The second-order valence-corrected chi connectivity index (χ2v) is 7.94. The zero-order valence-corrected chi connectivity index (χ0v) is 12.6. The summed E-state index contributed by atoms with van der Waals surface area (Å²) in [6.45, 7) is 1.60. The van der Waals surface area contributed by atoms with Crippen molar-refractivity contribution in [2.75, 3.05) is 26.1 Å². The van der Waals surface area contributed by atoms with E-state index in [9.17, 15) is 13.2 Å². The van der Waals surface area contributed by atoms with Gasteiger partial charge < -0.3 is 4.90 Å². The molecule has 0 aliphatic rings. The highest BCUT2D eigenvalue weighted by molar-refractivity contribution is 8.01. The van der Waals surface area contributed by atoms with E-state index in [1.165, 1.54) is 34.1 Å². The molecular weight excluding hydrogens is 278 g/mol. The molecule has 1 rings (SSSR count). The fraction of sp³-hybridized carbons (Fsp3) is 0.500. The largest absolute Gasteiger partial charge is 0.344 e. The molecule has 0 atom stereocenters. The maximum Gasteiger partial charge on any atom is 0.263 e. The number of sulfone groups is 1. The third kappa shape index (κ3) is 3.02. The van der Waals surface area contributed by atoms with Gasteiger partial charge in [0, 0.05) is 14.1 Å². The van der Waals surface area contributed by atoms with Crippen LogP contribution in [0.2, 0.25) is 0 Å². The van der Waals surface area contributed by atoms with Crippen LogP contribution < -0.4 is 0 Å². The minimum atomic E-state index is -3.26. The Balaban J connectivity index is 3.30. The maximum atomic E-state index is 11.9. The number of carbonyl (C=O) groups excluding carboxylic acids is 1. The first-order chi connectivity index (χ1) is 7.83. The van der Waals surface area contributed by atoms with E-state index in [1.54, 1.807) is 21.0 Å². The summed E-state index contributed by atoms with van der Waals surface area (Å²) in [7, 11) is 0.0348. The topological polar surface area (TPSA) is 54.5 Å². The van der Waals surface area contributed by atoms with Crippen LogP contribution in [0, 0.1) is 0 Å². The molecule has 0 radical (unpaired) electrons. The van der Waals surface area contributed by atoms with Crippen LogP contribution >= 0.6 is 23.1 Å². The summed E-state index contributed by atoms with van der Waals surface area (Å²) in [5.74, 6) is -0.116. The van der Waals surface area contributed by atoms with Crippen molar-refractivity contribution >= 4 is 38.8 Å². The van der Waals surface area contributed by atoms with Crippen LogP contribution in [0.1, 0.15) is 16.6 Å². The first-order valence-electron chi connectivity index (χ1n) is 4.95. The van der Waals surface area contributed by atoms with E-state index < -0.39 is 9.84 Å². The molecule has 0 aliphatic heterocycles. The molecule has 0 aromatic carbocycles. The standard InChI is InChI=1S/C10H15NO3S3/c1-5-17(13,14)8-6-7(9(12)11(2)3)16-10(8)15-4/h6H,5H2,1-4H3. The number of thioether (sulfide) groups is 1. The van der Waals surface area contributed by atoms with Crippen molar-refractivity contribution in [1.82, 2.24) is 4.90 Å². The Labute approximate surface area is 110 Å². The molecule has 96 valence electrons.